The van der Waals surface area contributed by atoms with Crippen molar-refractivity contribution in [2.75, 3.05) is 0 Å². The Morgan fingerprint density at radius 1 is 1.05 bits per heavy atom. The Balaban J connectivity index is 2.10. The van der Waals surface area contributed by atoms with Gasteiger partial charge in [-0.1, -0.05) is 40.2 Å². The number of fused-ring (bicyclic) bond motifs is 1. The summed E-state index contributed by atoms with van der Waals surface area (Å²) in [6, 6.07) is 14.1. The van der Waals surface area contributed by atoms with E-state index in [1.807, 2.05) is 31.2 Å². The van der Waals surface area contributed by atoms with Crippen molar-refractivity contribution in [1.82, 2.24) is 0 Å². The van der Waals surface area contributed by atoms with E-state index in [4.69, 9.17) is 10.2 Å². The highest BCUT2D eigenvalue weighted by Gasteiger charge is 2.17. The summed E-state index contributed by atoms with van der Waals surface area (Å²) in [5, 5.41) is 1.10. The fraction of sp³-hybridized carbons (Fsp3) is 0.176. The molecule has 2 nitrogen and oxygen atoms in total. The molecule has 3 heteroatoms. The normalized spacial score (nSPS) is 12.8. The minimum Gasteiger partial charge on any atom is -0.459 e. The second-order valence-corrected chi connectivity index (χ2v) is 6.04. The number of halogens is 1. The van der Waals surface area contributed by atoms with Crippen molar-refractivity contribution < 1.29 is 4.42 Å². The lowest BCUT2D eigenvalue weighted by Crippen LogP contribution is -2.12. The van der Waals surface area contributed by atoms with Gasteiger partial charge in [-0.2, -0.15) is 0 Å². The largest absolute Gasteiger partial charge is 0.459 e. The molecule has 0 saturated carbocycles. The molecule has 102 valence electrons. The topological polar surface area (TPSA) is 39.2 Å². The molecule has 0 spiro atoms. The molecule has 0 aliphatic carbocycles. The summed E-state index contributed by atoms with van der Waals surface area (Å²) in [4.78, 5) is 0. The van der Waals surface area contributed by atoms with Gasteiger partial charge in [0, 0.05) is 9.86 Å². The Hall–Kier alpha value is -1.58. The third-order valence-corrected chi connectivity index (χ3v) is 4.14. The van der Waals surface area contributed by atoms with E-state index in [2.05, 4.69) is 41.1 Å². The standard InChI is InChI=1S/C17H16BrNO/c1-10-6-7-13(18)9-14(10)16(19)15-8-12-5-3-4-11(2)17(12)20-15/h3-9,16H,19H2,1-2H3. The van der Waals surface area contributed by atoms with Gasteiger partial charge in [0.15, 0.2) is 0 Å². The van der Waals surface area contributed by atoms with Gasteiger partial charge in [-0.05, 0) is 48.7 Å². The lowest BCUT2D eigenvalue weighted by molar-refractivity contribution is 0.522. The zero-order chi connectivity index (χ0) is 14.3. The molecule has 1 unspecified atom stereocenters. The Kier molecular flexibility index (Phi) is 3.40. The lowest BCUT2D eigenvalue weighted by Gasteiger charge is -2.12. The summed E-state index contributed by atoms with van der Waals surface area (Å²) in [6.07, 6.45) is 0. The van der Waals surface area contributed by atoms with E-state index in [-0.39, 0.29) is 6.04 Å². The highest BCUT2D eigenvalue weighted by molar-refractivity contribution is 9.10. The molecule has 2 N–H and O–H groups in total. The number of hydrogen-bond acceptors (Lipinski definition) is 2. The molecule has 0 amide bonds. The third kappa shape index (κ3) is 2.28. The Morgan fingerprint density at radius 3 is 2.60 bits per heavy atom. The van der Waals surface area contributed by atoms with Crippen LogP contribution in [0.4, 0.5) is 0 Å². The first kappa shape index (κ1) is 13.4. The predicted molar refractivity (Wildman–Crippen MR) is 85.9 cm³/mol. The van der Waals surface area contributed by atoms with Crippen molar-refractivity contribution in [3.05, 3.63) is 69.4 Å². The molecule has 3 aromatic rings. The van der Waals surface area contributed by atoms with Crippen LogP contribution in [0, 0.1) is 13.8 Å². The zero-order valence-electron chi connectivity index (χ0n) is 11.5. The minimum absolute atomic E-state index is 0.251. The molecule has 20 heavy (non-hydrogen) atoms. The van der Waals surface area contributed by atoms with Gasteiger partial charge >= 0.3 is 0 Å². The van der Waals surface area contributed by atoms with Crippen molar-refractivity contribution >= 4 is 26.9 Å². The number of furan rings is 1. The molecule has 0 bridgehead atoms. The van der Waals surface area contributed by atoms with Gasteiger partial charge in [-0.3, -0.25) is 0 Å². The molecule has 2 aromatic carbocycles. The number of benzene rings is 2. The summed E-state index contributed by atoms with van der Waals surface area (Å²) < 4.78 is 7.00. The molecule has 0 radical (unpaired) electrons. The van der Waals surface area contributed by atoms with E-state index in [1.165, 1.54) is 0 Å². The summed E-state index contributed by atoms with van der Waals surface area (Å²) >= 11 is 3.50. The molecule has 0 aliphatic heterocycles. The number of nitrogens with two attached hydrogens (primary N) is 1. The summed E-state index contributed by atoms with van der Waals surface area (Å²) in [6.45, 7) is 4.11. The molecule has 0 fully saturated rings. The maximum absolute atomic E-state index is 6.39. The first-order valence-electron chi connectivity index (χ1n) is 6.57. The molecule has 1 atom stereocenters. The molecule has 1 heterocycles. The second-order valence-electron chi connectivity index (χ2n) is 5.12. The first-order valence-corrected chi connectivity index (χ1v) is 7.36. The Morgan fingerprint density at radius 2 is 1.85 bits per heavy atom. The lowest BCUT2D eigenvalue weighted by atomic mass is 10.00. The summed E-state index contributed by atoms with van der Waals surface area (Å²) in [5.41, 5.74) is 10.7. The average molecular weight is 330 g/mol. The van der Waals surface area contributed by atoms with E-state index >= 15 is 0 Å². The van der Waals surface area contributed by atoms with Crippen molar-refractivity contribution in [3.63, 3.8) is 0 Å². The van der Waals surface area contributed by atoms with Crippen molar-refractivity contribution in [2.24, 2.45) is 5.73 Å². The monoisotopic (exact) mass is 329 g/mol. The Bertz CT molecular complexity index is 776. The van der Waals surface area contributed by atoms with Crippen LogP contribution in [-0.2, 0) is 0 Å². The maximum atomic E-state index is 6.39. The summed E-state index contributed by atoms with van der Waals surface area (Å²) in [5.74, 6) is 0.801. The van der Waals surface area contributed by atoms with E-state index in [0.29, 0.717) is 0 Å². The number of para-hydroxylation sites is 1. The molecule has 0 saturated heterocycles. The minimum atomic E-state index is -0.251. The SMILES string of the molecule is Cc1ccc(Br)cc1C(N)c1cc2cccc(C)c2o1. The van der Waals surface area contributed by atoms with Crippen molar-refractivity contribution in [3.8, 4) is 0 Å². The van der Waals surface area contributed by atoms with Gasteiger partial charge in [0.1, 0.15) is 11.3 Å². The van der Waals surface area contributed by atoms with Gasteiger partial charge in [0.2, 0.25) is 0 Å². The Labute approximate surface area is 126 Å². The van der Waals surface area contributed by atoms with E-state index in [9.17, 15) is 0 Å². The molecule has 1 aromatic heterocycles. The van der Waals surface area contributed by atoms with Crippen molar-refractivity contribution in [1.29, 1.82) is 0 Å². The van der Waals surface area contributed by atoms with E-state index in [1.54, 1.807) is 0 Å². The van der Waals surface area contributed by atoms with Crippen LogP contribution >= 0.6 is 15.9 Å². The fourth-order valence-corrected chi connectivity index (χ4v) is 2.86. The highest BCUT2D eigenvalue weighted by atomic mass is 79.9. The quantitative estimate of drug-likeness (QED) is 0.729. The third-order valence-electron chi connectivity index (χ3n) is 3.64. The first-order chi connectivity index (χ1) is 9.56. The van der Waals surface area contributed by atoms with Gasteiger partial charge in [0.25, 0.3) is 0 Å². The molecule has 3 rings (SSSR count). The maximum Gasteiger partial charge on any atom is 0.137 e. The van der Waals surface area contributed by atoms with Crippen molar-refractivity contribution in [2.45, 2.75) is 19.9 Å². The average Bonchev–Trinajstić information content (AvgIpc) is 2.86. The van der Waals surface area contributed by atoms with Gasteiger partial charge < -0.3 is 10.2 Å². The van der Waals surface area contributed by atoms with E-state index < -0.39 is 0 Å². The number of rotatable bonds is 2. The smallest absolute Gasteiger partial charge is 0.137 e. The van der Waals surface area contributed by atoms with E-state index in [0.717, 1.165) is 37.9 Å². The fourth-order valence-electron chi connectivity index (χ4n) is 2.48. The predicted octanol–water partition coefficient (Wildman–Crippen LogP) is 4.86. The van der Waals surface area contributed by atoms with Crippen LogP contribution in [0.2, 0.25) is 0 Å². The molecular weight excluding hydrogens is 314 g/mol. The van der Waals surface area contributed by atoms with Crippen LogP contribution in [0.1, 0.15) is 28.5 Å². The van der Waals surface area contributed by atoms with Crippen LogP contribution in [-0.4, -0.2) is 0 Å². The number of aryl methyl sites for hydroxylation is 2. The number of hydrogen-bond donors (Lipinski definition) is 1. The summed E-state index contributed by atoms with van der Waals surface area (Å²) in [7, 11) is 0. The van der Waals surface area contributed by atoms with Gasteiger partial charge in [-0.15, -0.1) is 0 Å². The van der Waals surface area contributed by atoms with Crippen LogP contribution < -0.4 is 5.73 Å². The van der Waals surface area contributed by atoms with Gasteiger partial charge in [0.05, 0.1) is 6.04 Å². The second kappa shape index (κ2) is 5.08. The molecular formula is C17H16BrNO. The van der Waals surface area contributed by atoms with Crippen LogP contribution in [0.3, 0.4) is 0 Å². The molecule has 0 aliphatic rings. The highest BCUT2D eigenvalue weighted by Crippen LogP contribution is 2.30. The van der Waals surface area contributed by atoms with Gasteiger partial charge in [-0.25, -0.2) is 0 Å². The van der Waals surface area contributed by atoms with Crippen LogP contribution in [0.15, 0.2) is 51.4 Å². The van der Waals surface area contributed by atoms with Crippen LogP contribution in [0.5, 0.6) is 0 Å². The van der Waals surface area contributed by atoms with Crippen LogP contribution in [0.25, 0.3) is 11.0 Å². The zero-order valence-corrected chi connectivity index (χ0v) is 13.1.